The van der Waals surface area contributed by atoms with Crippen molar-refractivity contribution in [1.29, 1.82) is 0 Å². The molecule has 0 radical (unpaired) electrons. The predicted molar refractivity (Wildman–Crippen MR) is 150 cm³/mol. The first-order valence-corrected chi connectivity index (χ1v) is 15.2. The molecule has 4 aliphatic rings. The number of ether oxygens (including phenoxy) is 1. The van der Waals surface area contributed by atoms with Gasteiger partial charge in [-0.1, -0.05) is 24.3 Å². The number of aliphatic hydroxyl groups is 1. The summed E-state index contributed by atoms with van der Waals surface area (Å²) in [5.74, 6) is -2.99. The Morgan fingerprint density at radius 2 is 1.76 bits per heavy atom. The topological polar surface area (TPSA) is 125 Å². The number of aliphatic hydroxyl groups excluding tert-OH is 1. The Balaban J connectivity index is 1.52. The summed E-state index contributed by atoms with van der Waals surface area (Å²) in [4.78, 5) is 44.5. The van der Waals surface area contributed by atoms with Crippen LogP contribution in [0, 0.1) is 0 Å². The molecule has 11 heteroatoms. The zero-order chi connectivity index (χ0) is 28.9. The van der Waals surface area contributed by atoms with E-state index >= 15 is 0 Å². The van der Waals surface area contributed by atoms with Crippen LogP contribution in [0.5, 0.6) is 0 Å². The number of nitrogens with zero attached hydrogens (tertiary/aromatic N) is 3. The van der Waals surface area contributed by atoms with Crippen LogP contribution in [0.4, 0.5) is 5.69 Å². The van der Waals surface area contributed by atoms with Gasteiger partial charge in [-0.3, -0.25) is 14.4 Å². The van der Waals surface area contributed by atoms with Crippen LogP contribution < -0.4 is 4.90 Å². The number of fused-ring (bicyclic) bond motifs is 2. The number of para-hydroxylation sites is 1. The van der Waals surface area contributed by atoms with E-state index in [4.69, 9.17) is 4.74 Å². The van der Waals surface area contributed by atoms with Gasteiger partial charge in [0.25, 0.3) is 17.6 Å². The van der Waals surface area contributed by atoms with E-state index in [1.54, 1.807) is 30.3 Å². The van der Waals surface area contributed by atoms with Crippen LogP contribution in [0.1, 0.15) is 36.8 Å². The summed E-state index contributed by atoms with van der Waals surface area (Å²) in [6, 6.07) is 12.4. The maximum atomic E-state index is 14.4. The Bertz CT molecular complexity index is 1570. The first-order chi connectivity index (χ1) is 19.7. The standard InChI is InChI=1S/C30H31N3O7S/c1-2-15-32-24-10-4-3-9-23(24)30(29(32)37)25(27(35)28(36)33(30)19-21-8-7-18-40-21)26(34)20-11-13-22(14-12-20)41(38,39)31-16-5-6-17-31/h2-4,9-14,21,34H,1,5-8,15-19H2/b26-25+. The quantitative estimate of drug-likeness (QED) is 0.232. The second-order valence-corrected chi connectivity index (χ2v) is 12.6. The molecule has 2 aromatic carbocycles. The van der Waals surface area contributed by atoms with Crippen molar-refractivity contribution < 1.29 is 32.6 Å². The van der Waals surface area contributed by atoms with Crippen molar-refractivity contribution in [3.8, 4) is 0 Å². The Hall–Kier alpha value is -3.80. The van der Waals surface area contributed by atoms with Gasteiger partial charge < -0.3 is 19.6 Å². The molecule has 214 valence electrons. The Morgan fingerprint density at radius 3 is 2.41 bits per heavy atom. The van der Waals surface area contributed by atoms with Gasteiger partial charge in [0.05, 0.1) is 22.3 Å². The fourth-order valence-electron chi connectivity index (χ4n) is 6.43. The highest BCUT2D eigenvalue weighted by atomic mass is 32.2. The number of sulfonamides is 1. The highest BCUT2D eigenvalue weighted by molar-refractivity contribution is 7.89. The van der Waals surface area contributed by atoms with Crippen LogP contribution in [0.2, 0.25) is 0 Å². The van der Waals surface area contributed by atoms with E-state index in [9.17, 15) is 27.9 Å². The minimum atomic E-state index is -3.70. The molecule has 0 aliphatic carbocycles. The van der Waals surface area contributed by atoms with Crippen molar-refractivity contribution in [2.75, 3.05) is 37.7 Å². The molecule has 4 heterocycles. The zero-order valence-electron chi connectivity index (χ0n) is 22.5. The molecule has 10 nitrogen and oxygen atoms in total. The number of carbonyl (C=O) groups is 3. The van der Waals surface area contributed by atoms with Crippen molar-refractivity contribution in [1.82, 2.24) is 9.21 Å². The summed E-state index contributed by atoms with van der Waals surface area (Å²) in [7, 11) is -3.70. The fourth-order valence-corrected chi connectivity index (χ4v) is 7.94. The molecule has 0 aromatic heterocycles. The van der Waals surface area contributed by atoms with Crippen molar-refractivity contribution in [3.05, 3.63) is 77.9 Å². The smallest absolute Gasteiger partial charge is 0.296 e. The van der Waals surface area contributed by atoms with E-state index in [-0.39, 0.29) is 35.2 Å². The largest absolute Gasteiger partial charge is 0.507 e. The van der Waals surface area contributed by atoms with Crippen molar-refractivity contribution in [2.24, 2.45) is 0 Å². The molecule has 3 saturated heterocycles. The average molecular weight is 578 g/mol. The van der Waals surface area contributed by atoms with Gasteiger partial charge in [-0.05, 0) is 56.0 Å². The highest BCUT2D eigenvalue weighted by Gasteiger charge is 2.67. The summed E-state index contributed by atoms with van der Waals surface area (Å²) in [5, 5.41) is 11.7. The SMILES string of the molecule is C=CCN1C(=O)C2(/C(=C(/O)c3ccc(S(=O)(=O)N4CCCC4)cc3)C(=O)C(=O)N2CC2CCCO2)c2ccccc21. The molecule has 4 aliphatic heterocycles. The lowest BCUT2D eigenvalue weighted by atomic mass is 9.81. The molecule has 1 spiro atoms. The predicted octanol–water partition coefficient (Wildman–Crippen LogP) is 2.76. The maximum absolute atomic E-state index is 14.4. The van der Waals surface area contributed by atoms with Crippen molar-refractivity contribution in [2.45, 2.75) is 42.2 Å². The molecule has 3 fully saturated rings. The number of ketones is 1. The minimum absolute atomic E-state index is 0.00360. The van der Waals surface area contributed by atoms with E-state index in [2.05, 4.69) is 6.58 Å². The summed E-state index contributed by atoms with van der Waals surface area (Å²) in [5.41, 5.74) is -1.23. The third kappa shape index (κ3) is 4.05. The Labute approximate surface area is 238 Å². The van der Waals surface area contributed by atoms with E-state index in [1.807, 2.05) is 0 Å². The van der Waals surface area contributed by atoms with Gasteiger partial charge in [-0.15, -0.1) is 6.58 Å². The van der Waals surface area contributed by atoms with E-state index < -0.39 is 38.9 Å². The van der Waals surface area contributed by atoms with Gasteiger partial charge in [0.15, 0.2) is 5.54 Å². The number of rotatable bonds is 7. The summed E-state index contributed by atoms with van der Waals surface area (Å²) < 4.78 is 33.3. The van der Waals surface area contributed by atoms with Crippen molar-refractivity contribution in [3.63, 3.8) is 0 Å². The lowest BCUT2D eigenvalue weighted by Gasteiger charge is -2.35. The molecular weight excluding hydrogens is 546 g/mol. The molecule has 0 bridgehead atoms. The molecule has 2 amide bonds. The van der Waals surface area contributed by atoms with Crippen LogP contribution in [0.3, 0.4) is 0 Å². The minimum Gasteiger partial charge on any atom is -0.507 e. The van der Waals surface area contributed by atoms with Gasteiger partial charge >= 0.3 is 0 Å². The van der Waals surface area contributed by atoms with Gasteiger partial charge in [0, 0.05) is 43.9 Å². The molecule has 2 unspecified atom stereocenters. The second kappa shape index (κ2) is 10.2. The number of hydrogen-bond donors (Lipinski definition) is 1. The van der Waals surface area contributed by atoms with Gasteiger partial charge in [0.1, 0.15) is 5.76 Å². The molecule has 0 saturated carbocycles. The van der Waals surface area contributed by atoms with Crippen LogP contribution in [-0.2, 0) is 34.7 Å². The summed E-state index contributed by atoms with van der Waals surface area (Å²) in [6.45, 7) is 5.30. The molecular formula is C30H31N3O7S. The first-order valence-electron chi connectivity index (χ1n) is 13.8. The molecule has 6 rings (SSSR count). The Kier molecular flexibility index (Phi) is 6.83. The van der Waals surface area contributed by atoms with Crippen LogP contribution in [0.15, 0.2) is 71.7 Å². The number of anilines is 1. The monoisotopic (exact) mass is 577 g/mol. The van der Waals surface area contributed by atoms with Gasteiger partial charge in [0.2, 0.25) is 10.0 Å². The number of Topliss-reactive ketones (excluding diaryl/α,β-unsaturated/α-hetero) is 1. The molecule has 2 aromatic rings. The number of carbonyl (C=O) groups excluding carboxylic acids is 3. The average Bonchev–Trinajstić information content (AvgIpc) is 3.78. The van der Waals surface area contributed by atoms with E-state index in [1.165, 1.54) is 38.4 Å². The lowest BCUT2D eigenvalue weighted by molar-refractivity contribution is -0.145. The third-order valence-electron chi connectivity index (χ3n) is 8.36. The lowest BCUT2D eigenvalue weighted by Crippen LogP contribution is -2.53. The van der Waals surface area contributed by atoms with E-state index in [0.29, 0.717) is 37.4 Å². The van der Waals surface area contributed by atoms with Gasteiger partial charge in [-0.25, -0.2) is 8.42 Å². The number of benzene rings is 2. The van der Waals surface area contributed by atoms with Crippen LogP contribution in [-0.4, -0.2) is 79.2 Å². The zero-order valence-corrected chi connectivity index (χ0v) is 23.3. The summed E-state index contributed by atoms with van der Waals surface area (Å²) >= 11 is 0. The van der Waals surface area contributed by atoms with Crippen LogP contribution in [0.25, 0.3) is 5.76 Å². The molecule has 2 atom stereocenters. The van der Waals surface area contributed by atoms with Crippen molar-refractivity contribution >= 4 is 39.1 Å². The highest BCUT2D eigenvalue weighted by Crippen LogP contribution is 2.53. The molecule has 41 heavy (non-hydrogen) atoms. The fraction of sp³-hybridized carbons (Fsp3) is 0.367. The molecule has 1 N–H and O–H groups in total. The maximum Gasteiger partial charge on any atom is 0.296 e. The Morgan fingerprint density at radius 1 is 1.05 bits per heavy atom. The number of likely N-dealkylation sites (tertiary alicyclic amines) is 1. The summed E-state index contributed by atoms with van der Waals surface area (Å²) in [6.07, 6.45) is 4.24. The van der Waals surface area contributed by atoms with Gasteiger partial charge in [-0.2, -0.15) is 4.31 Å². The van der Waals surface area contributed by atoms with Crippen LogP contribution >= 0.6 is 0 Å². The number of amides is 2. The first kappa shape index (κ1) is 27.4. The number of hydrogen-bond acceptors (Lipinski definition) is 7. The van der Waals surface area contributed by atoms with E-state index in [0.717, 1.165) is 19.3 Å². The normalized spacial score (nSPS) is 26.0. The third-order valence-corrected chi connectivity index (χ3v) is 10.3. The second-order valence-electron chi connectivity index (χ2n) is 10.7.